The maximum absolute atomic E-state index is 14.8. The summed E-state index contributed by atoms with van der Waals surface area (Å²) in [5, 5.41) is 0.526. The Balaban J connectivity index is 2.14. The molecule has 1 aliphatic rings. The number of nitrogens with two attached hydrogens (primary N) is 2. The summed E-state index contributed by atoms with van der Waals surface area (Å²) in [4.78, 5) is 37.4. The van der Waals surface area contributed by atoms with Gasteiger partial charge in [0.2, 0.25) is 0 Å². The summed E-state index contributed by atoms with van der Waals surface area (Å²) in [6.07, 6.45) is -2.73. The molecule has 0 radical (unpaired) electrons. The summed E-state index contributed by atoms with van der Waals surface area (Å²) < 4.78 is 30.3. The van der Waals surface area contributed by atoms with Crippen LogP contribution in [0.25, 0.3) is 0 Å². The van der Waals surface area contributed by atoms with Crippen molar-refractivity contribution < 1.29 is 33.0 Å². The summed E-state index contributed by atoms with van der Waals surface area (Å²) in [6.45, 7) is 9.90. The average molecular weight is 485 g/mol. The van der Waals surface area contributed by atoms with Crippen LogP contribution in [0, 0.1) is 5.82 Å². The third-order valence-electron chi connectivity index (χ3n) is 4.22. The molecule has 0 spiro atoms. The van der Waals surface area contributed by atoms with Gasteiger partial charge in [-0.05, 0) is 59.7 Å². The molecule has 12 heteroatoms. The number of carbonyl (C=O) groups is 3. The highest BCUT2D eigenvalue weighted by molar-refractivity contribution is 7.80. The zero-order valence-electron chi connectivity index (χ0n) is 19.4. The van der Waals surface area contributed by atoms with E-state index >= 15 is 0 Å². The van der Waals surface area contributed by atoms with Crippen molar-refractivity contribution in [2.24, 2.45) is 11.6 Å². The number of carbonyl (C=O) groups excluding carboxylic acids is 3. The molecular formula is C21H29FN4O6S. The summed E-state index contributed by atoms with van der Waals surface area (Å²) in [7, 11) is 0. The van der Waals surface area contributed by atoms with Gasteiger partial charge in [0.05, 0.1) is 12.2 Å². The lowest BCUT2D eigenvalue weighted by atomic mass is 10.1. The van der Waals surface area contributed by atoms with Crippen molar-refractivity contribution in [2.75, 3.05) is 11.4 Å². The van der Waals surface area contributed by atoms with Gasteiger partial charge in [-0.2, -0.15) is 0 Å². The van der Waals surface area contributed by atoms with Crippen LogP contribution in [0.15, 0.2) is 18.2 Å². The van der Waals surface area contributed by atoms with E-state index < -0.39 is 47.3 Å². The molecule has 1 unspecified atom stereocenters. The summed E-state index contributed by atoms with van der Waals surface area (Å²) in [6, 6.07) is 2.49. The second-order valence-electron chi connectivity index (χ2n) is 9.41. The smallest absolute Gasteiger partial charge is 0.430 e. The van der Waals surface area contributed by atoms with E-state index in [4.69, 9.17) is 38.0 Å². The first-order chi connectivity index (χ1) is 15.0. The maximum atomic E-state index is 14.8. The van der Waals surface area contributed by atoms with Crippen molar-refractivity contribution >= 4 is 41.0 Å². The number of amides is 2. The van der Waals surface area contributed by atoms with Gasteiger partial charge in [0, 0.05) is 5.56 Å². The fraction of sp³-hybridized carbons (Fsp3) is 0.524. The second kappa shape index (κ2) is 9.57. The molecule has 1 heterocycles. The van der Waals surface area contributed by atoms with Gasteiger partial charge >= 0.3 is 18.2 Å². The van der Waals surface area contributed by atoms with E-state index in [1.165, 1.54) is 12.1 Å². The number of hydrazine groups is 1. The van der Waals surface area contributed by atoms with Crippen LogP contribution in [-0.4, -0.2) is 58.0 Å². The fourth-order valence-corrected chi connectivity index (χ4v) is 3.01. The Hall–Kier alpha value is -2.83. The van der Waals surface area contributed by atoms with Gasteiger partial charge in [-0.15, -0.1) is 0 Å². The molecule has 2 rings (SSSR count). The third-order valence-corrected chi connectivity index (χ3v) is 4.63. The first kappa shape index (κ1) is 26.4. The second-order valence-corrected chi connectivity index (χ2v) is 9.80. The normalized spacial score (nSPS) is 17.3. The number of hydrogen-bond donors (Lipinski definition) is 2. The molecule has 1 fully saturated rings. The van der Waals surface area contributed by atoms with Crippen molar-refractivity contribution in [1.29, 1.82) is 0 Å². The monoisotopic (exact) mass is 484 g/mol. The molecule has 1 aromatic rings. The molecule has 4 N–H and O–H groups in total. The molecule has 10 nitrogen and oxygen atoms in total. The number of esters is 1. The van der Waals surface area contributed by atoms with Crippen LogP contribution in [0.1, 0.15) is 47.1 Å². The van der Waals surface area contributed by atoms with Crippen molar-refractivity contribution in [1.82, 2.24) is 5.01 Å². The van der Waals surface area contributed by atoms with Crippen LogP contribution >= 0.6 is 12.2 Å². The van der Waals surface area contributed by atoms with Crippen molar-refractivity contribution in [3.63, 3.8) is 0 Å². The van der Waals surface area contributed by atoms with Crippen LogP contribution in [-0.2, 0) is 19.0 Å². The lowest BCUT2D eigenvalue weighted by Gasteiger charge is -2.25. The summed E-state index contributed by atoms with van der Waals surface area (Å²) in [5.41, 5.74) is 4.32. The number of cyclic esters (lactones) is 1. The lowest BCUT2D eigenvalue weighted by Crippen LogP contribution is -2.47. The minimum absolute atomic E-state index is 0.0939. The highest BCUT2D eigenvalue weighted by Crippen LogP contribution is 2.26. The van der Waals surface area contributed by atoms with E-state index in [9.17, 15) is 18.8 Å². The highest BCUT2D eigenvalue weighted by atomic mass is 32.1. The topological polar surface area (TPSA) is 137 Å². The lowest BCUT2D eigenvalue weighted by molar-refractivity contribution is -0.158. The minimum Gasteiger partial charge on any atom is -0.459 e. The molecule has 33 heavy (non-hydrogen) atoms. The van der Waals surface area contributed by atoms with Crippen LogP contribution in [0.5, 0.6) is 0 Å². The highest BCUT2D eigenvalue weighted by Gasteiger charge is 2.40. The third kappa shape index (κ3) is 6.83. The van der Waals surface area contributed by atoms with Crippen LogP contribution < -0.4 is 16.5 Å². The van der Waals surface area contributed by atoms with Gasteiger partial charge in [-0.25, -0.2) is 24.8 Å². The number of rotatable bonds is 4. The Kier molecular flexibility index (Phi) is 7.67. The largest absolute Gasteiger partial charge is 0.459 e. The molecule has 2 amide bonds. The van der Waals surface area contributed by atoms with Gasteiger partial charge in [0.1, 0.15) is 34.2 Å². The first-order valence-electron chi connectivity index (χ1n) is 10.1. The quantitative estimate of drug-likeness (QED) is 0.165. The number of benzene rings is 1. The Morgan fingerprint density at radius 2 is 1.79 bits per heavy atom. The molecule has 1 saturated heterocycles. The van der Waals surface area contributed by atoms with E-state index in [1.54, 1.807) is 41.5 Å². The van der Waals surface area contributed by atoms with Gasteiger partial charge < -0.3 is 19.9 Å². The first-order valence-corrected chi connectivity index (χ1v) is 10.5. The molecule has 182 valence electrons. The minimum atomic E-state index is -1.21. The summed E-state index contributed by atoms with van der Waals surface area (Å²) >= 11 is 5.11. The van der Waals surface area contributed by atoms with E-state index in [0.717, 1.165) is 11.0 Å². The van der Waals surface area contributed by atoms with Crippen LogP contribution in [0.2, 0.25) is 0 Å². The molecular weight excluding hydrogens is 455 g/mol. The van der Waals surface area contributed by atoms with Crippen molar-refractivity contribution in [2.45, 2.75) is 64.9 Å². The zero-order valence-corrected chi connectivity index (χ0v) is 20.2. The SMILES string of the molecule is CC(C)(C)OC(=O)[C@@H](N)C1CN(c2ccc(C(=S)N(N)C(=O)OC(C)(C)C)c(F)c2)C(=O)O1. The van der Waals surface area contributed by atoms with E-state index in [1.807, 2.05) is 0 Å². The van der Waals surface area contributed by atoms with E-state index in [0.29, 0.717) is 5.01 Å². The molecule has 0 saturated carbocycles. The number of thiocarbonyl (C=S) groups is 1. The van der Waals surface area contributed by atoms with Gasteiger partial charge in [0.15, 0.2) is 0 Å². The van der Waals surface area contributed by atoms with Gasteiger partial charge in [0.25, 0.3) is 0 Å². The maximum Gasteiger partial charge on any atom is 0.430 e. The standard InChI is InChI=1S/C21H29FN4O6S/c1-20(2,3)31-17(27)15(23)14-10-25(18(28)30-14)11-7-8-12(13(22)9-11)16(33)26(24)19(29)32-21(4,5)6/h7-9,14-15H,10,23-24H2,1-6H3/t14?,15-/m0/s1. The van der Waals surface area contributed by atoms with Crippen LogP contribution in [0.3, 0.4) is 0 Å². The molecule has 1 aromatic carbocycles. The van der Waals surface area contributed by atoms with Crippen LogP contribution in [0.4, 0.5) is 19.7 Å². The molecule has 0 bridgehead atoms. The number of halogens is 1. The predicted octanol–water partition coefficient (Wildman–Crippen LogP) is 2.61. The fourth-order valence-electron chi connectivity index (χ4n) is 2.77. The average Bonchev–Trinajstić information content (AvgIpc) is 3.05. The van der Waals surface area contributed by atoms with E-state index in [-0.39, 0.29) is 22.8 Å². The predicted molar refractivity (Wildman–Crippen MR) is 122 cm³/mol. The van der Waals surface area contributed by atoms with Gasteiger partial charge in [-0.1, -0.05) is 12.2 Å². The number of nitrogens with zero attached hydrogens (tertiary/aromatic N) is 2. The Bertz CT molecular complexity index is 959. The molecule has 0 aromatic heterocycles. The Labute approximate surface area is 196 Å². The zero-order chi connectivity index (χ0) is 25.3. The Morgan fingerprint density at radius 3 is 2.30 bits per heavy atom. The molecule has 0 aliphatic carbocycles. The molecule has 1 aliphatic heterocycles. The number of ether oxygens (including phenoxy) is 3. The van der Waals surface area contributed by atoms with Crippen molar-refractivity contribution in [3.05, 3.63) is 29.6 Å². The number of anilines is 1. The molecule has 2 atom stereocenters. The van der Waals surface area contributed by atoms with E-state index in [2.05, 4.69) is 0 Å². The van der Waals surface area contributed by atoms with Gasteiger partial charge in [-0.3, -0.25) is 9.69 Å². The summed E-state index contributed by atoms with van der Waals surface area (Å²) in [5.74, 6) is 4.13. The Morgan fingerprint density at radius 1 is 1.21 bits per heavy atom. The number of hydrogen-bond acceptors (Lipinski definition) is 9. The van der Waals surface area contributed by atoms with Crippen molar-refractivity contribution in [3.8, 4) is 0 Å².